The number of likely N-dealkylation sites (tertiary alicyclic amines) is 1. The van der Waals surface area contributed by atoms with Gasteiger partial charge in [0.15, 0.2) is 9.84 Å². The van der Waals surface area contributed by atoms with E-state index in [0.717, 1.165) is 0 Å². The Balaban J connectivity index is 1.91. The molecule has 7 nitrogen and oxygen atoms in total. The summed E-state index contributed by atoms with van der Waals surface area (Å²) >= 11 is 0. The van der Waals surface area contributed by atoms with E-state index in [1.807, 2.05) is 4.90 Å². The normalized spacial score (nSPS) is 22.6. The molecular weight excluding hydrogens is 320 g/mol. The number of aliphatic hydroxyl groups excluding tert-OH is 1. The molecule has 1 saturated heterocycles. The van der Waals surface area contributed by atoms with Gasteiger partial charge in [0.25, 0.3) is 0 Å². The van der Waals surface area contributed by atoms with Gasteiger partial charge in [-0.1, -0.05) is 18.2 Å². The maximum absolute atomic E-state index is 12.3. The molecule has 0 spiro atoms. The van der Waals surface area contributed by atoms with Gasteiger partial charge in [0.05, 0.1) is 23.3 Å². The van der Waals surface area contributed by atoms with Crippen molar-refractivity contribution in [1.29, 1.82) is 0 Å². The molecule has 1 fully saturated rings. The highest BCUT2D eigenvalue weighted by molar-refractivity contribution is 7.91. The van der Waals surface area contributed by atoms with Gasteiger partial charge in [-0.05, 0) is 19.2 Å². The molecule has 8 heteroatoms. The number of nitrogens with zero attached hydrogens (tertiary/aromatic N) is 2. The predicted octanol–water partition coefficient (Wildman–Crippen LogP) is -0.478. The van der Waals surface area contributed by atoms with Crippen LogP contribution in [0.4, 0.5) is 0 Å². The molecule has 0 aromatic heterocycles. The highest BCUT2D eigenvalue weighted by Crippen LogP contribution is 2.16. The fraction of sp³-hybridized carbons (Fsp3) is 0.533. The number of β-amino-alcohol motifs (C(OH)–C–C–N with tert-alkyl or cyclic N) is 1. The number of benzene rings is 1. The zero-order chi connectivity index (χ0) is 17.0. The average molecular weight is 342 g/mol. The standard InChI is InChI=1S/C15H22N2O5S/c1-16(11-15(19)20)13-9-17(10-14(13)18)7-8-23(21,22)12-5-3-2-4-6-12/h2-6,13-14,18H,7-11H2,1H3,(H,19,20)/t13-,14+/m0/s1. The number of carboxylic acid groups (broad SMARTS) is 1. The van der Waals surface area contributed by atoms with Crippen molar-refractivity contribution in [2.24, 2.45) is 0 Å². The minimum Gasteiger partial charge on any atom is -0.480 e. The smallest absolute Gasteiger partial charge is 0.317 e. The number of likely N-dealkylation sites (N-methyl/N-ethyl adjacent to an activating group) is 1. The van der Waals surface area contributed by atoms with E-state index < -0.39 is 21.9 Å². The van der Waals surface area contributed by atoms with E-state index in [2.05, 4.69) is 0 Å². The van der Waals surface area contributed by atoms with Crippen LogP contribution in [0, 0.1) is 0 Å². The molecule has 2 rings (SSSR count). The molecule has 23 heavy (non-hydrogen) atoms. The molecule has 0 saturated carbocycles. The summed E-state index contributed by atoms with van der Waals surface area (Å²) in [6, 6.07) is 7.96. The fourth-order valence-corrected chi connectivity index (χ4v) is 4.09. The van der Waals surface area contributed by atoms with Crippen molar-refractivity contribution in [1.82, 2.24) is 9.80 Å². The van der Waals surface area contributed by atoms with Gasteiger partial charge in [-0.3, -0.25) is 14.6 Å². The molecule has 0 bridgehead atoms. The van der Waals surface area contributed by atoms with E-state index in [4.69, 9.17) is 5.11 Å². The molecule has 0 radical (unpaired) electrons. The highest BCUT2D eigenvalue weighted by atomic mass is 32.2. The number of carboxylic acids is 1. The lowest BCUT2D eigenvalue weighted by atomic mass is 10.2. The van der Waals surface area contributed by atoms with Crippen LogP contribution in [0.1, 0.15) is 0 Å². The van der Waals surface area contributed by atoms with Crippen LogP contribution in [0.3, 0.4) is 0 Å². The lowest BCUT2D eigenvalue weighted by molar-refractivity contribution is -0.138. The quantitative estimate of drug-likeness (QED) is 0.691. The number of sulfone groups is 1. The van der Waals surface area contributed by atoms with E-state index >= 15 is 0 Å². The molecule has 2 atom stereocenters. The van der Waals surface area contributed by atoms with Gasteiger partial charge in [-0.2, -0.15) is 0 Å². The molecule has 1 heterocycles. The van der Waals surface area contributed by atoms with Gasteiger partial charge in [0.1, 0.15) is 0 Å². The first-order valence-corrected chi connectivity index (χ1v) is 9.05. The second-order valence-electron chi connectivity index (χ2n) is 5.84. The first-order chi connectivity index (χ1) is 10.8. The Kier molecular flexibility index (Phi) is 5.74. The maximum Gasteiger partial charge on any atom is 0.317 e. The summed E-state index contributed by atoms with van der Waals surface area (Å²) < 4.78 is 24.5. The molecule has 1 aliphatic rings. The Hall–Kier alpha value is -1.48. The largest absolute Gasteiger partial charge is 0.480 e. The topological polar surface area (TPSA) is 98.2 Å². The minimum atomic E-state index is -3.35. The Bertz CT molecular complexity index is 635. The predicted molar refractivity (Wildman–Crippen MR) is 85.0 cm³/mol. The van der Waals surface area contributed by atoms with Crippen molar-refractivity contribution in [3.63, 3.8) is 0 Å². The third-order valence-electron chi connectivity index (χ3n) is 4.06. The molecule has 2 N–H and O–H groups in total. The molecular formula is C15H22N2O5S. The van der Waals surface area contributed by atoms with Gasteiger partial charge in [-0.25, -0.2) is 8.42 Å². The van der Waals surface area contributed by atoms with Crippen molar-refractivity contribution in [3.05, 3.63) is 30.3 Å². The van der Waals surface area contributed by atoms with Gasteiger partial charge in [0, 0.05) is 25.7 Å². The summed E-state index contributed by atoms with van der Waals surface area (Å²) in [5.41, 5.74) is 0. The van der Waals surface area contributed by atoms with E-state index in [9.17, 15) is 18.3 Å². The molecule has 128 valence electrons. The van der Waals surface area contributed by atoms with Gasteiger partial charge >= 0.3 is 5.97 Å². The molecule has 1 aromatic rings. The Morgan fingerprint density at radius 3 is 2.57 bits per heavy atom. The monoisotopic (exact) mass is 342 g/mol. The van der Waals surface area contributed by atoms with Crippen molar-refractivity contribution in [2.75, 3.05) is 39.0 Å². The van der Waals surface area contributed by atoms with Crippen molar-refractivity contribution < 1.29 is 23.4 Å². The number of rotatable bonds is 7. The van der Waals surface area contributed by atoms with Crippen molar-refractivity contribution in [3.8, 4) is 0 Å². The summed E-state index contributed by atoms with van der Waals surface area (Å²) in [4.78, 5) is 14.5. The van der Waals surface area contributed by atoms with Crippen molar-refractivity contribution >= 4 is 15.8 Å². The first kappa shape index (κ1) is 17.9. The molecule has 1 aromatic carbocycles. The van der Waals surface area contributed by atoms with Crippen LogP contribution < -0.4 is 0 Å². The molecule has 0 aliphatic carbocycles. The number of aliphatic carboxylic acids is 1. The van der Waals surface area contributed by atoms with Crippen LogP contribution in [0.5, 0.6) is 0 Å². The first-order valence-electron chi connectivity index (χ1n) is 7.40. The van der Waals surface area contributed by atoms with Crippen LogP contribution in [-0.4, -0.2) is 85.5 Å². The van der Waals surface area contributed by atoms with Crippen LogP contribution >= 0.6 is 0 Å². The van der Waals surface area contributed by atoms with Crippen LogP contribution in [0.15, 0.2) is 35.2 Å². The van der Waals surface area contributed by atoms with Gasteiger partial charge < -0.3 is 10.2 Å². The zero-order valence-electron chi connectivity index (χ0n) is 13.0. The summed E-state index contributed by atoms with van der Waals surface area (Å²) in [6.45, 7) is 0.956. The third-order valence-corrected chi connectivity index (χ3v) is 5.77. The molecule has 1 aliphatic heterocycles. The van der Waals surface area contributed by atoms with E-state index in [1.165, 1.54) is 0 Å². The Morgan fingerprint density at radius 2 is 1.96 bits per heavy atom. The van der Waals surface area contributed by atoms with E-state index in [0.29, 0.717) is 24.5 Å². The number of carbonyl (C=O) groups is 1. The average Bonchev–Trinajstić information content (AvgIpc) is 2.87. The molecule has 0 amide bonds. The zero-order valence-corrected chi connectivity index (χ0v) is 13.8. The number of hydrogen-bond donors (Lipinski definition) is 2. The summed E-state index contributed by atoms with van der Waals surface area (Å²) in [5.74, 6) is -0.983. The second kappa shape index (κ2) is 7.39. The maximum atomic E-state index is 12.3. The van der Waals surface area contributed by atoms with Crippen molar-refractivity contribution in [2.45, 2.75) is 17.0 Å². The van der Waals surface area contributed by atoms with Gasteiger partial charge in [-0.15, -0.1) is 0 Å². The minimum absolute atomic E-state index is 0.0287. The van der Waals surface area contributed by atoms with E-state index in [1.54, 1.807) is 42.3 Å². The lowest BCUT2D eigenvalue weighted by Gasteiger charge is -2.24. The number of aliphatic hydroxyl groups is 1. The van der Waals surface area contributed by atoms with Crippen LogP contribution in [0.25, 0.3) is 0 Å². The summed E-state index contributed by atoms with van der Waals surface area (Å²) in [6.07, 6.45) is -0.682. The van der Waals surface area contributed by atoms with E-state index in [-0.39, 0.29) is 18.3 Å². The Morgan fingerprint density at radius 1 is 1.30 bits per heavy atom. The Labute approximate surface area is 136 Å². The summed E-state index contributed by atoms with van der Waals surface area (Å²) in [7, 11) is -1.71. The second-order valence-corrected chi connectivity index (χ2v) is 7.94. The van der Waals surface area contributed by atoms with Crippen LogP contribution in [-0.2, 0) is 14.6 Å². The van der Waals surface area contributed by atoms with Crippen LogP contribution in [0.2, 0.25) is 0 Å². The molecule has 0 unspecified atom stereocenters. The SMILES string of the molecule is CN(CC(=O)O)[C@H]1CN(CCS(=O)(=O)c2ccccc2)C[C@H]1O. The summed E-state index contributed by atoms with van der Waals surface area (Å²) in [5, 5.41) is 18.9. The highest BCUT2D eigenvalue weighted by Gasteiger charge is 2.35. The number of hydrogen-bond acceptors (Lipinski definition) is 6. The van der Waals surface area contributed by atoms with Gasteiger partial charge in [0.2, 0.25) is 0 Å². The lowest BCUT2D eigenvalue weighted by Crippen LogP contribution is -2.43. The third kappa shape index (κ3) is 4.74. The fourth-order valence-electron chi connectivity index (χ4n) is 2.79.